The van der Waals surface area contributed by atoms with E-state index in [2.05, 4.69) is 11.4 Å². The van der Waals surface area contributed by atoms with Crippen LogP contribution in [0.15, 0.2) is 30.3 Å². The van der Waals surface area contributed by atoms with Crippen LogP contribution in [0.3, 0.4) is 0 Å². The number of aliphatic hydroxyl groups excluding tert-OH is 1. The third-order valence-corrected chi connectivity index (χ3v) is 3.56. The van der Waals surface area contributed by atoms with Gasteiger partial charge in [-0.2, -0.15) is 5.26 Å². The zero-order chi connectivity index (χ0) is 15.8. The van der Waals surface area contributed by atoms with Gasteiger partial charge in [0.05, 0.1) is 12.6 Å². The quantitative estimate of drug-likeness (QED) is 0.767. The first kappa shape index (κ1) is 16.3. The van der Waals surface area contributed by atoms with Crippen LogP contribution in [0.4, 0.5) is 0 Å². The first-order valence-corrected chi connectivity index (χ1v) is 7.46. The maximum absolute atomic E-state index is 12.0. The number of para-hydroxylation sites is 1. The minimum atomic E-state index is -0.696. The molecular formula is C16H21N3O3. The van der Waals surface area contributed by atoms with E-state index in [1.807, 2.05) is 30.3 Å². The molecule has 22 heavy (non-hydrogen) atoms. The van der Waals surface area contributed by atoms with Gasteiger partial charge in [-0.05, 0) is 25.0 Å². The number of hydrogen-bond acceptors (Lipinski definition) is 5. The van der Waals surface area contributed by atoms with Crippen molar-refractivity contribution in [3.8, 4) is 11.8 Å². The fraction of sp³-hybridized carbons (Fsp3) is 0.500. The van der Waals surface area contributed by atoms with Gasteiger partial charge in [-0.1, -0.05) is 18.2 Å². The maximum Gasteiger partial charge on any atom is 0.237 e. The highest BCUT2D eigenvalue weighted by Gasteiger charge is 2.27. The first-order chi connectivity index (χ1) is 10.7. The van der Waals surface area contributed by atoms with Gasteiger partial charge in [0.25, 0.3) is 0 Å². The smallest absolute Gasteiger partial charge is 0.237 e. The third kappa shape index (κ3) is 4.72. The predicted molar refractivity (Wildman–Crippen MR) is 81.2 cm³/mol. The molecule has 118 valence electrons. The van der Waals surface area contributed by atoms with E-state index in [-0.39, 0.29) is 31.6 Å². The van der Waals surface area contributed by atoms with E-state index in [9.17, 15) is 9.90 Å². The fourth-order valence-corrected chi connectivity index (χ4v) is 2.41. The molecule has 0 radical (unpaired) electrons. The van der Waals surface area contributed by atoms with Crippen LogP contribution in [0.25, 0.3) is 0 Å². The molecule has 1 aromatic carbocycles. The average Bonchev–Trinajstić information content (AvgIpc) is 3.02. The van der Waals surface area contributed by atoms with Gasteiger partial charge in [0, 0.05) is 13.1 Å². The van der Waals surface area contributed by atoms with Crippen LogP contribution in [-0.2, 0) is 4.79 Å². The highest BCUT2D eigenvalue weighted by atomic mass is 16.5. The monoisotopic (exact) mass is 303 g/mol. The van der Waals surface area contributed by atoms with Gasteiger partial charge in [-0.3, -0.25) is 4.79 Å². The van der Waals surface area contributed by atoms with Crippen LogP contribution in [0.2, 0.25) is 0 Å². The van der Waals surface area contributed by atoms with Crippen LogP contribution in [-0.4, -0.2) is 54.3 Å². The summed E-state index contributed by atoms with van der Waals surface area (Å²) in [4.78, 5) is 13.6. The van der Waals surface area contributed by atoms with Crippen LogP contribution >= 0.6 is 0 Å². The second kappa shape index (κ2) is 8.37. The Kier molecular flexibility index (Phi) is 6.19. The molecule has 0 unspecified atom stereocenters. The molecule has 1 aliphatic rings. The van der Waals surface area contributed by atoms with E-state index in [0.29, 0.717) is 12.3 Å². The number of benzene rings is 1. The summed E-state index contributed by atoms with van der Waals surface area (Å²) in [6, 6.07) is 11.1. The normalized spacial score (nSPS) is 18.7. The maximum atomic E-state index is 12.0. The summed E-state index contributed by atoms with van der Waals surface area (Å²) in [5, 5.41) is 21.7. The molecule has 2 rings (SSSR count). The number of aliphatic hydroxyl groups is 1. The van der Waals surface area contributed by atoms with Crippen LogP contribution in [0.1, 0.15) is 12.8 Å². The summed E-state index contributed by atoms with van der Waals surface area (Å²) in [7, 11) is 0. The summed E-state index contributed by atoms with van der Waals surface area (Å²) >= 11 is 0. The van der Waals surface area contributed by atoms with Gasteiger partial charge >= 0.3 is 0 Å². The highest BCUT2D eigenvalue weighted by Crippen LogP contribution is 2.15. The zero-order valence-electron chi connectivity index (χ0n) is 12.4. The molecule has 6 nitrogen and oxygen atoms in total. The lowest BCUT2D eigenvalue weighted by atomic mass is 10.2. The zero-order valence-corrected chi connectivity index (χ0v) is 12.4. The van der Waals surface area contributed by atoms with E-state index in [1.165, 1.54) is 0 Å². The first-order valence-electron chi connectivity index (χ1n) is 7.46. The Morgan fingerprint density at radius 2 is 2.27 bits per heavy atom. The summed E-state index contributed by atoms with van der Waals surface area (Å²) in [5.74, 6) is 0.604. The van der Waals surface area contributed by atoms with Crippen LogP contribution < -0.4 is 10.1 Å². The standard InChI is InChI=1S/C16H21N3O3/c17-9-13-5-4-8-19(13)16(21)11-18-10-14(20)12-22-15-6-2-1-3-7-15/h1-3,6-7,13-14,18,20H,4-5,8,10-12H2/t13-,14-/m0/s1. The summed E-state index contributed by atoms with van der Waals surface area (Å²) < 4.78 is 5.43. The van der Waals surface area contributed by atoms with Crippen molar-refractivity contribution in [3.05, 3.63) is 30.3 Å². The molecule has 1 amide bonds. The second-order valence-electron chi connectivity index (χ2n) is 5.28. The lowest BCUT2D eigenvalue weighted by Crippen LogP contribution is -2.42. The van der Waals surface area contributed by atoms with Crippen molar-refractivity contribution in [1.82, 2.24) is 10.2 Å². The minimum Gasteiger partial charge on any atom is -0.491 e. The lowest BCUT2D eigenvalue weighted by molar-refractivity contribution is -0.130. The predicted octanol–water partition coefficient (Wildman–Crippen LogP) is 0.530. The largest absolute Gasteiger partial charge is 0.491 e. The number of ether oxygens (including phenoxy) is 1. The Labute approximate surface area is 130 Å². The lowest BCUT2D eigenvalue weighted by Gasteiger charge is -2.20. The van der Waals surface area contributed by atoms with Gasteiger partial charge in [0.1, 0.15) is 24.5 Å². The Hall–Kier alpha value is -2.10. The molecule has 1 heterocycles. The molecule has 1 saturated heterocycles. The number of nitriles is 1. The Balaban J connectivity index is 1.63. The van der Waals surface area contributed by atoms with Crippen molar-refractivity contribution in [2.24, 2.45) is 0 Å². The molecule has 2 N–H and O–H groups in total. The fourth-order valence-electron chi connectivity index (χ4n) is 2.41. The Bertz CT molecular complexity index is 515. The molecule has 0 bridgehead atoms. The molecule has 1 aliphatic heterocycles. The molecule has 1 aromatic rings. The van der Waals surface area contributed by atoms with Crippen molar-refractivity contribution >= 4 is 5.91 Å². The number of amides is 1. The number of carbonyl (C=O) groups excluding carboxylic acids is 1. The Morgan fingerprint density at radius 1 is 1.50 bits per heavy atom. The average molecular weight is 303 g/mol. The van der Waals surface area contributed by atoms with E-state index >= 15 is 0 Å². The van der Waals surface area contributed by atoms with Crippen molar-refractivity contribution in [2.75, 3.05) is 26.2 Å². The Morgan fingerprint density at radius 3 is 3.00 bits per heavy atom. The summed E-state index contributed by atoms with van der Waals surface area (Å²) in [6.07, 6.45) is 0.922. The molecule has 2 atom stereocenters. The van der Waals surface area contributed by atoms with Crippen molar-refractivity contribution in [3.63, 3.8) is 0 Å². The van der Waals surface area contributed by atoms with Crippen molar-refractivity contribution in [2.45, 2.75) is 25.0 Å². The van der Waals surface area contributed by atoms with Crippen LogP contribution in [0.5, 0.6) is 5.75 Å². The minimum absolute atomic E-state index is 0.0970. The van der Waals surface area contributed by atoms with Gasteiger partial charge in [0.15, 0.2) is 0 Å². The number of nitrogens with zero attached hydrogens (tertiary/aromatic N) is 2. The van der Waals surface area contributed by atoms with E-state index in [0.717, 1.165) is 12.8 Å². The van der Waals surface area contributed by atoms with E-state index in [1.54, 1.807) is 4.90 Å². The van der Waals surface area contributed by atoms with Crippen LogP contribution in [0, 0.1) is 11.3 Å². The molecule has 6 heteroatoms. The number of rotatable bonds is 7. The van der Waals surface area contributed by atoms with Gasteiger partial charge < -0.3 is 20.1 Å². The number of hydrogen-bond donors (Lipinski definition) is 2. The van der Waals surface area contributed by atoms with Gasteiger partial charge in [-0.25, -0.2) is 0 Å². The van der Waals surface area contributed by atoms with Gasteiger partial charge in [-0.15, -0.1) is 0 Å². The molecule has 0 aromatic heterocycles. The number of likely N-dealkylation sites (tertiary alicyclic amines) is 1. The highest BCUT2D eigenvalue weighted by molar-refractivity contribution is 5.79. The second-order valence-corrected chi connectivity index (χ2v) is 5.28. The number of nitrogens with one attached hydrogen (secondary N) is 1. The topological polar surface area (TPSA) is 85.6 Å². The molecule has 0 saturated carbocycles. The molecular weight excluding hydrogens is 282 g/mol. The third-order valence-electron chi connectivity index (χ3n) is 3.56. The van der Waals surface area contributed by atoms with Gasteiger partial charge in [0.2, 0.25) is 5.91 Å². The molecule has 1 fully saturated rings. The summed E-state index contributed by atoms with van der Waals surface area (Å²) in [6.45, 7) is 1.19. The van der Waals surface area contributed by atoms with Crippen molar-refractivity contribution in [1.29, 1.82) is 5.26 Å². The SMILES string of the molecule is N#C[C@@H]1CCCN1C(=O)CNC[C@H](O)COc1ccccc1. The van der Waals surface area contributed by atoms with E-state index in [4.69, 9.17) is 10.00 Å². The number of carbonyl (C=O) groups is 1. The van der Waals surface area contributed by atoms with Crippen molar-refractivity contribution < 1.29 is 14.6 Å². The molecule has 0 spiro atoms. The summed E-state index contributed by atoms with van der Waals surface area (Å²) in [5.41, 5.74) is 0. The molecule has 0 aliphatic carbocycles. The van der Waals surface area contributed by atoms with E-state index < -0.39 is 6.10 Å².